The van der Waals surface area contributed by atoms with Crippen LogP contribution in [0.4, 0.5) is 11.5 Å². The maximum atomic E-state index is 9.90. The van der Waals surface area contributed by atoms with Crippen LogP contribution < -0.4 is 15.0 Å². The molecule has 77 heavy (non-hydrogen) atoms. The minimum atomic E-state index is -3.02. The van der Waals surface area contributed by atoms with Gasteiger partial charge in [-0.15, -0.1) is 0 Å². The molecule has 13 aromatic rings. The fraction of sp³-hybridized carbons (Fsp3) is 0.0435. The molecule has 0 unspecified atom stereocenters. The van der Waals surface area contributed by atoms with E-state index in [2.05, 4.69) is 77.0 Å². The van der Waals surface area contributed by atoms with Gasteiger partial charge in [0, 0.05) is 20.4 Å². The molecule has 0 radical (unpaired) electrons. The molecule has 8 heteroatoms. The van der Waals surface area contributed by atoms with E-state index in [9.17, 15) is 8.22 Å². The Morgan fingerprint density at radius 2 is 1.14 bits per heavy atom. The van der Waals surface area contributed by atoms with Crippen molar-refractivity contribution in [1.29, 1.82) is 0 Å². The van der Waals surface area contributed by atoms with Crippen LogP contribution in [0.3, 0.4) is 0 Å². The van der Waals surface area contributed by atoms with E-state index in [1.54, 1.807) is 48.5 Å². The van der Waals surface area contributed by atoms with Gasteiger partial charge in [-0.1, -0.05) is 48.0 Å². The van der Waals surface area contributed by atoms with E-state index in [1.165, 1.54) is 0 Å². The van der Waals surface area contributed by atoms with Crippen molar-refractivity contribution < 1.29 is 40.5 Å². The molecule has 2 aliphatic rings. The standard InChI is InChI=1S/C69H48BN5O.Pt/c1-44-31-34-49(35-32-44)54-24-15-25-55(50-38-36-48(37-39-50)47-17-6-4-7-18-47)66(54)73-43-72(61-28-12-13-29-62(61)73)52-21-14-22-53(42-52)76-69-64(51-19-8-5-9-20-51)46(3)65-58-41-45(2)33-40-59(58)70-74-60-27-11-10-23-56(60)57-26-16-30-63(67(57)74)75(70)68(65)71-69;/h4-42H,1-3H3;/i1D3,2D3,3D3,33D,40D,41D;. The normalized spacial score (nSPS) is 15.1. The molecule has 3 aromatic heterocycles. The number of imidazole rings is 1. The summed E-state index contributed by atoms with van der Waals surface area (Å²) in [6, 6.07) is 68.2. The van der Waals surface area contributed by atoms with Crippen molar-refractivity contribution in [2.45, 2.75) is 20.6 Å². The molecule has 0 saturated carbocycles. The molecule has 15 rings (SSSR count). The molecule has 10 aromatic carbocycles. The molecule has 0 atom stereocenters. The van der Waals surface area contributed by atoms with Gasteiger partial charge in [-0.25, -0.2) is 0 Å². The van der Waals surface area contributed by atoms with Crippen molar-refractivity contribution in [3.63, 3.8) is 0 Å². The second kappa shape index (κ2) is 17.8. The van der Waals surface area contributed by atoms with Crippen LogP contribution >= 0.6 is 0 Å². The van der Waals surface area contributed by atoms with E-state index in [0.29, 0.717) is 22.7 Å². The molecular weight excluding hydrogens is 1120 g/mol. The summed E-state index contributed by atoms with van der Waals surface area (Å²) in [5, 5.41) is 1.79. The SMILES string of the molecule is [2H]c1c([2H])c(C([2H])([2H])[2H])c([2H])c2c1B1N(c3nc(Oc4cccc(-n5[c](=[Pt])n(-c6c(-c7ccc(-c8ccccc8)cc7)cccc6-c6ccc(C([2H])([2H])[2H])cc6)c6ccccc65)c4)c(-c4ccccc4)c(C([2H])([2H])[2H])c3-2)c2cccc3c4ccccc4n1c23. The third-order valence-electron chi connectivity index (χ3n) is 15.0. The van der Waals surface area contributed by atoms with Crippen LogP contribution in [0.2, 0.25) is 0 Å². The second-order valence-electron chi connectivity index (χ2n) is 19.3. The summed E-state index contributed by atoms with van der Waals surface area (Å²) in [6.07, 6.45) is 0. The molecule has 0 bridgehead atoms. The number of anilines is 2. The fourth-order valence-corrected chi connectivity index (χ4v) is 12.8. The van der Waals surface area contributed by atoms with Gasteiger partial charge in [0.25, 0.3) is 0 Å². The van der Waals surface area contributed by atoms with Gasteiger partial charge < -0.3 is 0 Å². The van der Waals surface area contributed by atoms with Gasteiger partial charge in [0.2, 0.25) is 0 Å². The number of para-hydroxylation sites is 5. The molecule has 368 valence electrons. The molecule has 0 N–H and O–H groups in total. The van der Waals surface area contributed by atoms with Gasteiger partial charge in [0.05, 0.1) is 4.11 Å². The molecule has 2 aliphatic heterocycles. The molecule has 0 spiro atoms. The second-order valence-corrected chi connectivity index (χ2v) is 20.3. The fourth-order valence-electron chi connectivity index (χ4n) is 11.7. The molecule has 6 nitrogen and oxygen atoms in total. The third kappa shape index (κ3) is 7.07. The van der Waals surface area contributed by atoms with Crippen LogP contribution in [0.1, 0.15) is 33.1 Å². The first kappa shape index (κ1) is 34.5. The molecule has 0 fully saturated rings. The Balaban J connectivity index is 0.952. The Hall–Kier alpha value is -9.03. The van der Waals surface area contributed by atoms with Crippen LogP contribution in [0.5, 0.6) is 11.6 Å². The van der Waals surface area contributed by atoms with E-state index in [0.717, 1.165) is 75.7 Å². The zero-order chi connectivity index (χ0) is 61.6. The van der Waals surface area contributed by atoms with Gasteiger partial charge in [0.1, 0.15) is 0 Å². The van der Waals surface area contributed by atoms with E-state index in [-0.39, 0.29) is 45.0 Å². The zero-order valence-corrected chi connectivity index (χ0v) is 43.1. The average molecular weight is 1180 g/mol. The number of ether oxygens (including phenoxy) is 1. The van der Waals surface area contributed by atoms with E-state index < -0.39 is 51.2 Å². The summed E-state index contributed by atoms with van der Waals surface area (Å²) in [5.41, 5.74) is 10.9. The van der Waals surface area contributed by atoms with Crippen LogP contribution in [0.15, 0.2) is 237 Å². The predicted octanol–water partition coefficient (Wildman–Crippen LogP) is 16.8. The number of hydrogen-bond donors (Lipinski definition) is 0. The smallest absolute Gasteiger partial charge is 0.0615 e. The quantitative estimate of drug-likeness (QED) is 0.142. The Morgan fingerprint density at radius 1 is 0.519 bits per heavy atom. The number of benzene rings is 10. The van der Waals surface area contributed by atoms with E-state index in [1.807, 2.05) is 131 Å². The number of hydrogen-bond acceptors (Lipinski definition) is 3. The van der Waals surface area contributed by atoms with Crippen LogP contribution in [-0.2, 0) is 19.4 Å². The summed E-state index contributed by atoms with van der Waals surface area (Å²) in [5.74, 6) is 0.291. The summed E-state index contributed by atoms with van der Waals surface area (Å²) in [7, 11) is 0. The Bertz CT molecular complexity index is 5140. The van der Waals surface area contributed by atoms with E-state index in [4.69, 9.17) is 17.9 Å². The predicted molar refractivity (Wildman–Crippen MR) is 314 cm³/mol. The Labute approximate surface area is 474 Å². The molecule has 0 saturated heterocycles. The molecule has 5 heterocycles. The number of aromatic nitrogens is 4. The number of aryl methyl sites for hydroxylation is 1. The summed E-state index contributed by atoms with van der Waals surface area (Å²) in [6.45, 7) is -9.32. The van der Waals surface area contributed by atoms with Gasteiger partial charge in [0.15, 0.2) is 0 Å². The first-order valence-electron chi connectivity index (χ1n) is 31.2. The van der Waals surface area contributed by atoms with E-state index >= 15 is 0 Å². The first-order chi connectivity index (χ1) is 42.8. The minimum Gasteiger partial charge on any atom is -0.0615 e. The third-order valence-corrected chi connectivity index (χ3v) is 16.0. The molecule has 0 aliphatic carbocycles. The van der Waals surface area contributed by atoms with Gasteiger partial charge in [-0.3, -0.25) is 0 Å². The van der Waals surface area contributed by atoms with Crippen molar-refractivity contribution in [1.82, 2.24) is 18.6 Å². The Kier molecular flexibility index (Phi) is 7.98. The average Bonchev–Trinajstić information content (AvgIpc) is 1.60. The number of pyridine rings is 1. The van der Waals surface area contributed by atoms with Crippen molar-refractivity contribution in [2.24, 2.45) is 0 Å². The van der Waals surface area contributed by atoms with Gasteiger partial charge in [-0.05, 0) is 12.9 Å². The summed E-state index contributed by atoms with van der Waals surface area (Å²) >= 11 is 2.35. The topological polar surface area (TPSA) is 40.1 Å². The van der Waals surface area contributed by atoms with Crippen molar-refractivity contribution >= 4 is 56.8 Å². The maximum absolute atomic E-state index is 9.90. The number of fused-ring (bicyclic) bond motifs is 12. The minimum absolute atomic E-state index is 0.0507. The summed E-state index contributed by atoms with van der Waals surface area (Å²) in [4.78, 5) is 7.26. The van der Waals surface area contributed by atoms with Gasteiger partial charge in [-0.2, -0.15) is 0 Å². The van der Waals surface area contributed by atoms with Crippen molar-refractivity contribution in [3.8, 4) is 78.6 Å². The molecule has 0 amide bonds. The first-order valence-corrected chi connectivity index (χ1v) is 26.4. The van der Waals surface area contributed by atoms with Crippen molar-refractivity contribution in [2.75, 3.05) is 4.81 Å². The monoisotopic (exact) mass is 1180 g/mol. The number of nitrogens with zero attached hydrogens (tertiary/aromatic N) is 5. The summed E-state index contributed by atoms with van der Waals surface area (Å²) < 4.78 is 122. The van der Waals surface area contributed by atoms with Crippen molar-refractivity contribution in [3.05, 3.63) is 257 Å². The van der Waals surface area contributed by atoms with Gasteiger partial charge >= 0.3 is 392 Å². The van der Waals surface area contributed by atoms with Crippen LogP contribution in [0, 0.1) is 24.4 Å². The van der Waals surface area contributed by atoms with Crippen LogP contribution in [0.25, 0.3) is 99.8 Å². The molecular formula is C69H48BN5OPt. The number of rotatable bonds is 8. The zero-order valence-electron chi connectivity index (χ0n) is 52.8. The Morgan fingerprint density at radius 3 is 1.88 bits per heavy atom. The van der Waals surface area contributed by atoms with Crippen LogP contribution in [-0.4, -0.2) is 25.6 Å².